The Kier molecular flexibility index (Phi) is 6.36. The molecule has 0 spiro atoms. The van der Waals surface area contributed by atoms with Crippen molar-refractivity contribution in [3.05, 3.63) is 109 Å². The minimum atomic E-state index is -2.03. The third kappa shape index (κ3) is 4.25. The summed E-state index contributed by atoms with van der Waals surface area (Å²) in [6.45, 7) is 5.66. The highest BCUT2D eigenvalue weighted by atomic mass is 28.3. The van der Waals surface area contributed by atoms with E-state index in [0.29, 0.717) is 6.71 Å². The molecule has 0 unspecified atom stereocenters. The van der Waals surface area contributed by atoms with Gasteiger partial charge in [-0.2, -0.15) is 0 Å². The number of nitrogens with zero attached hydrogens (tertiary/aromatic N) is 3. The van der Waals surface area contributed by atoms with Gasteiger partial charge < -0.3 is 14.7 Å². The van der Waals surface area contributed by atoms with Gasteiger partial charge in [-0.25, -0.2) is 0 Å². The Morgan fingerprint density at radius 1 is 0.456 bits per heavy atom. The van der Waals surface area contributed by atoms with E-state index >= 15 is 0 Å². The molecule has 3 nitrogen and oxygen atoms in total. The molecule has 0 atom stereocenters. The molecule has 3 aliphatic heterocycles. The highest BCUT2D eigenvalue weighted by Gasteiger charge is 2.61. The summed E-state index contributed by atoms with van der Waals surface area (Å²) < 4.78 is 0. The smallest absolute Gasteiger partial charge is 0.251 e. The van der Waals surface area contributed by atoms with Crippen LogP contribution in [0.4, 0.5) is 39.8 Å². The van der Waals surface area contributed by atoms with E-state index in [1.807, 2.05) is 0 Å². The van der Waals surface area contributed by atoms with E-state index < -0.39 is 8.07 Å². The van der Waals surface area contributed by atoms with Gasteiger partial charge in [0.25, 0.3) is 6.71 Å². The first kappa shape index (κ1) is 32.7. The maximum absolute atomic E-state index is 3.09. The molecule has 11 aliphatic rings. The molecule has 57 heavy (non-hydrogen) atoms. The van der Waals surface area contributed by atoms with E-state index in [1.54, 1.807) is 38.1 Å². The van der Waals surface area contributed by atoms with Crippen LogP contribution in [0.2, 0.25) is 13.1 Å². The largest absolute Gasteiger partial charge is 0.336 e. The maximum Gasteiger partial charge on any atom is 0.251 e. The summed E-state index contributed by atoms with van der Waals surface area (Å²) in [4.78, 5) is 8.76. The minimum Gasteiger partial charge on any atom is -0.336 e. The Labute approximate surface area is 340 Å². The summed E-state index contributed by atoms with van der Waals surface area (Å²) in [7, 11) is -2.03. The van der Waals surface area contributed by atoms with Gasteiger partial charge in [0.05, 0.1) is 5.69 Å². The molecule has 0 saturated heterocycles. The Bertz CT molecular complexity index is 2270. The second-order valence-electron chi connectivity index (χ2n) is 21.4. The topological polar surface area (TPSA) is 9.72 Å². The predicted octanol–water partition coefficient (Wildman–Crippen LogP) is 9.65. The third-order valence-electron chi connectivity index (χ3n) is 17.7. The molecule has 0 amide bonds. The van der Waals surface area contributed by atoms with Gasteiger partial charge in [0, 0.05) is 45.2 Å². The van der Waals surface area contributed by atoms with E-state index in [0.717, 1.165) is 35.5 Å². The number of anilines is 7. The van der Waals surface area contributed by atoms with Gasteiger partial charge in [0.2, 0.25) is 0 Å². The van der Waals surface area contributed by atoms with Gasteiger partial charge in [-0.05, 0) is 177 Å². The van der Waals surface area contributed by atoms with E-state index in [4.69, 9.17) is 0 Å². The van der Waals surface area contributed by atoms with Crippen molar-refractivity contribution in [3.63, 3.8) is 0 Å². The highest BCUT2D eigenvalue weighted by Crippen LogP contribution is 2.63. The van der Waals surface area contributed by atoms with Crippen molar-refractivity contribution in [2.24, 2.45) is 35.5 Å². The molecule has 8 bridgehead atoms. The Balaban J connectivity index is 1.11. The standard InChI is InChI=1S/C52H54BN3Si/c1-57(2)46-17-9-15-42-49(46)53-48-44(55(42)51-27-33-19-34(28-51)21-35(20-33)29-51)25-41(54(39-11-5-3-6-12-39)40-13-7-4-8-14-40)26-45(48)56(43-16-10-18-47(57)50(43)53)52-30-36-22-37(31-52)24-38(23-36)32-52/h3-18,25-26,33-38H,19-24,27-32H2,1-2H3. The Morgan fingerprint density at radius 3 is 1.23 bits per heavy atom. The van der Waals surface area contributed by atoms with Crippen molar-refractivity contribution in [1.29, 1.82) is 0 Å². The molecular formula is C52H54BN3Si. The van der Waals surface area contributed by atoms with E-state index in [9.17, 15) is 0 Å². The summed E-state index contributed by atoms with van der Waals surface area (Å²) in [6, 6.07) is 43.2. The molecule has 8 aliphatic carbocycles. The summed E-state index contributed by atoms with van der Waals surface area (Å²) in [5.74, 6) is 5.25. The van der Waals surface area contributed by atoms with Crippen LogP contribution in [0, 0.1) is 35.5 Å². The number of hydrogen-bond acceptors (Lipinski definition) is 3. The third-order valence-corrected chi connectivity index (χ3v) is 21.3. The lowest BCUT2D eigenvalue weighted by molar-refractivity contribution is 0.000365. The number of benzene rings is 5. The summed E-state index contributed by atoms with van der Waals surface area (Å²) in [5.41, 5.74) is 15.4. The molecule has 5 heteroatoms. The molecular weight excluding hydrogens is 705 g/mol. The number of rotatable bonds is 5. The zero-order valence-electron chi connectivity index (χ0n) is 33.8. The van der Waals surface area contributed by atoms with Gasteiger partial charge in [0.1, 0.15) is 8.07 Å². The highest BCUT2D eigenvalue weighted by molar-refractivity contribution is 7.16. The van der Waals surface area contributed by atoms with Gasteiger partial charge >= 0.3 is 0 Å². The fourth-order valence-electron chi connectivity index (χ4n) is 16.7. The molecule has 16 rings (SSSR count). The second-order valence-corrected chi connectivity index (χ2v) is 25.7. The Hall–Kier alpha value is -4.22. The molecule has 8 saturated carbocycles. The lowest BCUT2D eigenvalue weighted by atomic mass is 9.32. The van der Waals surface area contributed by atoms with Crippen LogP contribution < -0.4 is 41.5 Å². The van der Waals surface area contributed by atoms with Crippen LogP contribution in [0.3, 0.4) is 0 Å². The van der Waals surface area contributed by atoms with Gasteiger partial charge in [-0.1, -0.05) is 84.1 Å². The number of hydrogen-bond donors (Lipinski definition) is 0. The Morgan fingerprint density at radius 2 is 0.842 bits per heavy atom. The average Bonchev–Trinajstić information content (AvgIpc) is 3.19. The lowest BCUT2D eigenvalue weighted by Gasteiger charge is -2.65. The summed E-state index contributed by atoms with van der Waals surface area (Å²) in [6.07, 6.45) is 16.9. The van der Waals surface area contributed by atoms with Crippen LogP contribution >= 0.6 is 0 Å². The zero-order chi connectivity index (χ0) is 37.4. The van der Waals surface area contributed by atoms with Gasteiger partial charge in [-0.3, -0.25) is 0 Å². The minimum absolute atomic E-state index is 0.181. The average molecular weight is 760 g/mol. The predicted molar refractivity (Wildman–Crippen MR) is 241 cm³/mol. The first-order valence-corrected chi connectivity index (χ1v) is 25.8. The van der Waals surface area contributed by atoms with Gasteiger partial charge in [0.15, 0.2) is 0 Å². The normalized spacial score (nSPS) is 33.5. The van der Waals surface area contributed by atoms with Gasteiger partial charge in [-0.15, -0.1) is 0 Å². The molecule has 0 N–H and O–H groups in total. The number of para-hydroxylation sites is 2. The van der Waals surface area contributed by atoms with E-state index in [2.05, 4.69) is 137 Å². The first-order chi connectivity index (χ1) is 27.9. The van der Waals surface area contributed by atoms with Crippen molar-refractivity contribution >= 4 is 81.4 Å². The quantitative estimate of drug-likeness (QED) is 0.165. The molecule has 0 radical (unpaired) electrons. The molecule has 3 heterocycles. The van der Waals surface area contributed by atoms with E-state index in [-0.39, 0.29) is 11.1 Å². The first-order valence-electron chi connectivity index (χ1n) is 22.8. The van der Waals surface area contributed by atoms with Crippen molar-refractivity contribution < 1.29 is 0 Å². The molecule has 5 aromatic carbocycles. The fourth-order valence-corrected chi connectivity index (χ4v) is 19.9. The van der Waals surface area contributed by atoms with E-state index in [1.165, 1.54) is 105 Å². The lowest BCUT2D eigenvalue weighted by Crippen LogP contribution is -2.81. The summed E-state index contributed by atoms with van der Waals surface area (Å²) >= 11 is 0. The summed E-state index contributed by atoms with van der Waals surface area (Å²) in [5, 5.41) is 3.40. The van der Waals surface area contributed by atoms with Crippen molar-refractivity contribution in [1.82, 2.24) is 0 Å². The SMILES string of the molecule is C[Si]1(C)c2cccc3c2B2c4c(cc(N(c5ccccc5)c5ccccc5)cc4N(C45CC6CC(CC(C6)C4)C5)c4cccc1c42)N3C12CC3CC(CC(C3)C1)C2. The van der Waals surface area contributed by atoms with Crippen LogP contribution in [-0.4, -0.2) is 25.9 Å². The van der Waals surface area contributed by atoms with Crippen LogP contribution in [0.25, 0.3) is 0 Å². The molecule has 0 aromatic heterocycles. The van der Waals surface area contributed by atoms with Crippen LogP contribution in [-0.2, 0) is 0 Å². The monoisotopic (exact) mass is 759 g/mol. The second kappa shape index (κ2) is 11.1. The molecule has 284 valence electrons. The molecule has 8 fully saturated rings. The van der Waals surface area contributed by atoms with Crippen LogP contribution in [0.5, 0.6) is 0 Å². The van der Waals surface area contributed by atoms with Crippen molar-refractivity contribution in [3.8, 4) is 0 Å². The van der Waals surface area contributed by atoms with Crippen LogP contribution in [0.15, 0.2) is 109 Å². The van der Waals surface area contributed by atoms with Crippen LogP contribution in [0.1, 0.15) is 77.0 Å². The van der Waals surface area contributed by atoms with Crippen molar-refractivity contribution in [2.75, 3.05) is 14.7 Å². The maximum atomic E-state index is 3.09. The zero-order valence-corrected chi connectivity index (χ0v) is 34.8. The van der Waals surface area contributed by atoms with Crippen molar-refractivity contribution in [2.45, 2.75) is 101 Å². The fraction of sp³-hybridized carbons (Fsp3) is 0.423. The molecule has 5 aromatic rings.